The van der Waals surface area contributed by atoms with Crippen LogP contribution in [-0.2, 0) is 6.42 Å². The molecule has 4 heteroatoms. The first-order valence-electron chi connectivity index (χ1n) is 5.47. The zero-order valence-corrected chi connectivity index (χ0v) is 11.1. The van der Waals surface area contributed by atoms with Gasteiger partial charge in [-0.3, -0.25) is 15.5 Å². The maximum atomic E-state index is 12.1. The fourth-order valence-electron chi connectivity index (χ4n) is 1.72. The van der Waals surface area contributed by atoms with Crippen molar-refractivity contribution in [3.8, 4) is 0 Å². The molecule has 0 aromatic heterocycles. The van der Waals surface area contributed by atoms with Crippen LogP contribution in [-0.4, -0.2) is 11.0 Å². The van der Waals surface area contributed by atoms with Crippen LogP contribution in [0.1, 0.15) is 15.9 Å². The molecule has 0 atom stereocenters. The highest BCUT2D eigenvalue weighted by Crippen LogP contribution is 2.22. The number of benzene rings is 2. The van der Waals surface area contributed by atoms with E-state index >= 15 is 0 Å². The SMILES string of the molecule is O=C(Cc1cc(Br)ccc1NO)c1ccccc1. The van der Waals surface area contributed by atoms with Crippen molar-refractivity contribution < 1.29 is 10.0 Å². The highest BCUT2D eigenvalue weighted by Gasteiger charge is 2.10. The van der Waals surface area contributed by atoms with Crippen molar-refractivity contribution in [2.24, 2.45) is 0 Å². The number of ketones is 1. The van der Waals surface area contributed by atoms with Gasteiger partial charge >= 0.3 is 0 Å². The van der Waals surface area contributed by atoms with Crippen LogP contribution in [0.5, 0.6) is 0 Å². The fourth-order valence-corrected chi connectivity index (χ4v) is 2.13. The van der Waals surface area contributed by atoms with E-state index in [4.69, 9.17) is 5.21 Å². The molecule has 2 rings (SSSR count). The average molecular weight is 306 g/mol. The maximum absolute atomic E-state index is 12.1. The van der Waals surface area contributed by atoms with Gasteiger partial charge in [0.25, 0.3) is 0 Å². The van der Waals surface area contributed by atoms with Gasteiger partial charge in [-0.15, -0.1) is 0 Å². The van der Waals surface area contributed by atoms with Crippen molar-refractivity contribution in [3.63, 3.8) is 0 Å². The molecule has 2 aromatic carbocycles. The molecular weight excluding hydrogens is 294 g/mol. The van der Waals surface area contributed by atoms with Crippen molar-refractivity contribution in [1.29, 1.82) is 0 Å². The number of anilines is 1. The molecule has 0 heterocycles. The third-order valence-electron chi connectivity index (χ3n) is 2.63. The lowest BCUT2D eigenvalue weighted by Gasteiger charge is -2.08. The Labute approximate surface area is 114 Å². The Bertz CT molecular complexity index is 555. The van der Waals surface area contributed by atoms with Crippen LogP contribution in [0.25, 0.3) is 0 Å². The molecule has 0 aliphatic rings. The van der Waals surface area contributed by atoms with E-state index in [0.717, 1.165) is 10.0 Å². The van der Waals surface area contributed by atoms with Crippen LogP contribution in [0, 0.1) is 0 Å². The predicted octanol–water partition coefficient (Wildman–Crippen LogP) is 3.68. The van der Waals surface area contributed by atoms with Crippen LogP contribution in [0.4, 0.5) is 5.69 Å². The second kappa shape index (κ2) is 5.80. The van der Waals surface area contributed by atoms with E-state index < -0.39 is 0 Å². The van der Waals surface area contributed by atoms with E-state index in [9.17, 15) is 4.79 Å². The van der Waals surface area contributed by atoms with Gasteiger partial charge in [0.05, 0.1) is 5.69 Å². The molecule has 2 N–H and O–H groups in total. The number of nitrogens with one attached hydrogen (secondary N) is 1. The Morgan fingerprint density at radius 1 is 1.17 bits per heavy atom. The lowest BCUT2D eigenvalue weighted by atomic mass is 10.0. The van der Waals surface area contributed by atoms with E-state index in [1.165, 1.54) is 0 Å². The number of Topliss-reactive ketones (excluding diaryl/α,β-unsaturated/α-hetero) is 1. The molecule has 0 spiro atoms. The number of halogens is 1. The summed E-state index contributed by atoms with van der Waals surface area (Å²) in [5, 5.41) is 9.02. The molecular formula is C14H12BrNO2. The highest BCUT2D eigenvalue weighted by molar-refractivity contribution is 9.10. The van der Waals surface area contributed by atoms with Gasteiger partial charge in [-0.1, -0.05) is 46.3 Å². The van der Waals surface area contributed by atoms with Crippen molar-refractivity contribution in [2.75, 3.05) is 5.48 Å². The lowest BCUT2D eigenvalue weighted by Crippen LogP contribution is -2.06. The molecule has 2 aromatic rings. The summed E-state index contributed by atoms with van der Waals surface area (Å²) in [6, 6.07) is 14.4. The van der Waals surface area contributed by atoms with E-state index in [2.05, 4.69) is 21.4 Å². The Hall–Kier alpha value is -1.65. The van der Waals surface area contributed by atoms with Gasteiger partial charge in [-0.25, -0.2) is 0 Å². The standard InChI is InChI=1S/C14H12BrNO2/c15-12-6-7-13(16-18)11(8-12)9-14(17)10-4-2-1-3-5-10/h1-8,16,18H,9H2. The first-order valence-corrected chi connectivity index (χ1v) is 6.27. The van der Waals surface area contributed by atoms with E-state index in [-0.39, 0.29) is 12.2 Å². The lowest BCUT2D eigenvalue weighted by molar-refractivity contribution is 0.0993. The van der Waals surface area contributed by atoms with E-state index in [1.54, 1.807) is 24.3 Å². The Balaban J connectivity index is 2.24. The molecule has 0 unspecified atom stereocenters. The minimum Gasteiger partial charge on any atom is -0.294 e. The summed E-state index contributed by atoms with van der Waals surface area (Å²) in [4.78, 5) is 12.1. The van der Waals surface area contributed by atoms with E-state index in [0.29, 0.717) is 11.3 Å². The average Bonchev–Trinajstić information content (AvgIpc) is 2.40. The molecule has 0 radical (unpaired) electrons. The van der Waals surface area contributed by atoms with Crippen LogP contribution in [0.3, 0.4) is 0 Å². The first-order chi connectivity index (χ1) is 8.70. The summed E-state index contributed by atoms with van der Waals surface area (Å²) in [7, 11) is 0. The van der Waals surface area contributed by atoms with Gasteiger partial charge in [0.2, 0.25) is 0 Å². The van der Waals surface area contributed by atoms with Crippen LogP contribution in [0.2, 0.25) is 0 Å². The Morgan fingerprint density at radius 2 is 1.89 bits per heavy atom. The quantitative estimate of drug-likeness (QED) is 0.669. The summed E-state index contributed by atoms with van der Waals surface area (Å²) in [5.74, 6) is 0.0187. The summed E-state index contributed by atoms with van der Waals surface area (Å²) in [6.45, 7) is 0. The normalized spacial score (nSPS) is 10.1. The maximum Gasteiger partial charge on any atom is 0.167 e. The molecule has 0 saturated carbocycles. The summed E-state index contributed by atoms with van der Waals surface area (Å²) in [6.07, 6.45) is 0.242. The third kappa shape index (κ3) is 2.97. The number of hydrogen-bond acceptors (Lipinski definition) is 3. The van der Waals surface area contributed by atoms with Crippen LogP contribution < -0.4 is 5.48 Å². The van der Waals surface area contributed by atoms with Gasteiger partial charge in [0.15, 0.2) is 5.78 Å². The minimum atomic E-state index is 0.0187. The fraction of sp³-hybridized carbons (Fsp3) is 0.0714. The van der Waals surface area contributed by atoms with Gasteiger partial charge in [-0.2, -0.15) is 0 Å². The van der Waals surface area contributed by atoms with Gasteiger partial charge in [0.1, 0.15) is 0 Å². The number of carbonyl (C=O) groups is 1. The smallest absolute Gasteiger partial charge is 0.167 e. The molecule has 0 bridgehead atoms. The second-order valence-corrected chi connectivity index (χ2v) is 4.79. The Kier molecular flexibility index (Phi) is 4.12. The number of rotatable bonds is 4. The zero-order valence-electron chi connectivity index (χ0n) is 9.56. The van der Waals surface area contributed by atoms with Crippen molar-refractivity contribution in [1.82, 2.24) is 0 Å². The molecule has 3 nitrogen and oxygen atoms in total. The minimum absolute atomic E-state index is 0.0187. The molecule has 0 aliphatic carbocycles. The van der Waals surface area contributed by atoms with Gasteiger partial charge in [0, 0.05) is 16.5 Å². The zero-order chi connectivity index (χ0) is 13.0. The van der Waals surface area contributed by atoms with Crippen molar-refractivity contribution in [2.45, 2.75) is 6.42 Å². The van der Waals surface area contributed by atoms with Gasteiger partial charge in [-0.05, 0) is 23.8 Å². The van der Waals surface area contributed by atoms with Gasteiger partial charge < -0.3 is 0 Å². The monoisotopic (exact) mass is 305 g/mol. The first kappa shape index (κ1) is 12.8. The molecule has 18 heavy (non-hydrogen) atoms. The van der Waals surface area contributed by atoms with Crippen LogP contribution >= 0.6 is 15.9 Å². The number of hydrogen-bond donors (Lipinski definition) is 2. The molecule has 0 amide bonds. The molecule has 92 valence electrons. The van der Waals surface area contributed by atoms with Crippen molar-refractivity contribution in [3.05, 3.63) is 64.1 Å². The van der Waals surface area contributed by atoms with E-state index in [1.807, 2.05) is 24.3 Å². The molecule has 0 fully saturated rings. The summed E-state index contributed by atoms with van der Waals surface area (Å²) >= 11 is 3.35. The predicted molar refractivity (Wildman–Crippen MR) is 74.0 cm³/mol. The van der Waals surface area contributed by atoms with Crippen LogP contribution in [0.15, 0.2) is 53.0 Å². The molecule has 0 saturated heterocycles. The largest absolute Gasteiger partial charge is 0.294 e. The highest BCUT2D eigenvalue weighted by atomic mass is 79.9. The van der Waals surface area contributed by atoms with Crippen molar-refractivity contribution >= 4 is 27.4 Å². The third-order valence-corrected chi connectivity index (χ3v) is 3.13. The second-order valence-electron chi connectivity index (χ2n) is 3.88. The Morgan fingerprint density at radius 3 is 2.56 bits per heavy atom. The number of carbonyl (C=O) groups excluding carboxylic acids is 1. The topological polar surface area (TPSA) is 49.3 Å². The summed E-state index contributed by atoms with van der Waals surface area (Å²) in [5.41, 5.74) is 4.07. The molecule has 0 aliphatic heterocycles. The summed E-state index contributed by atoms with van der Waals surface area (Å²) < 4.78 is 0.873.